The molecule has 0 aliphatic heterocycles. The smallest absolute Gasteiger partial charge is 0.0595 e. The Hall–Kier alpha value is -1.18. The Bertz CT molecular complexity index is 547. The largest absolute Gasteiger partial charge is 0.381 e. The first-order valence-electron chi connectivity index (χ1n) is 6.34. The molecule has 0 radical (unpaired) electrons. The SMILES string of the molecule is CC(C)c1ccc(NCc2ccc(Cl)c(Cl)c2)cc1. The van der Waals surface area contributed by atoms with Crippen LogP contribution in [-0.4, -0.2) is 0 Å². The molecule has 0 saturated heterocycles. The highest BCUT2D eigenvalue weighted by molar-refractivity contribution is 6.42. The van der Waals surface area contributed by atoms with E-state index in [4.69, 9.17) is 23.2 Å². The highest BCUT2D eigenvalue weighted by Crippen LogP contribution is 2.23. The molecular formula is C16H17Cl2N. The number of benzene rings is 2. The van der Waals surface area contributed by atoms with E-state index in [1.54, 1.807) is 0 Å². The van der Waals surface area contributed by atoms with Crippen molar-refractivity contribution in [2.75, 3.05) is 5.32 Å². The first-order chi connectivity index (χ1) is 9.06. The summed E-state index contributed by atoms with van der Waals surface area (Å²) in [4.78, 5) is 0. The Balaban J connectivity index is 2.00. The van der Waals surface area contributed by atoms with Gasteiger partial charge in [0, 0.05) is 12.2 Å². The molecule has 19 heavy (non-hydrogen) atoms. The zero-order valence-electron chi connectivity index (χ0n) is 11.1. The van der Waals surface area contributed by atoms with Crippen LogP contribution in [0.2, 0.25) is 10.0 Å². The van der Waals surface area contributed by atoms with Gasteiger partial charge in [-0.2, -0.15) is 0 Å². The number of nitrogens with one attached hydrogen (secondary N) is 1. The Labute approximate surface area is 124 Å². The maximum atomic E-state index is 5.99. The summed E-state index contributed by atoms with van der Waals surface area (Å²) in [5, 5.41) is 4.56. The van der Waals surface area contributed by atoms with E-state index in [1.165, 1.54) is 5.56 Å². The van der Waals surface area contributed by atoms with E-state index in [0.29, 0.717) is 16.0 Å². The lowest BCUT2D eigenvalue weighted by atomic mass is 10.0. The van der Waals surface area contributed by atoms with Crippen molar-refractivity contribution >= 4 is 28.9 Å². The number of hydrogen-bond acceptors (Lipinski definition) is 1. The minimum atomic E-state index is 0.559. The van der Waals surface area contributed by atoms with Gasteiger partial charge < -0.3 is 5.32 Å². The van der Waals surface area contributed by atoms with Gasteiger partial charge in [-0.3, -0.25) is 0 Å². The molecule has 0 fully saturated rings. The molecule has 0 spiro atoms. The Kier molecular flexibility index (Phi) is 4.73. The average molecular weight is 294 g/mol. The van der Waals surface area contributed by atoms with E-state index >= 15 is 0 Å². The third-order valence-electron chi connectivity index (χ3n) is 3.06. The van der Waals surface area contributed by atoms with Gasteiger partial charge in [0.25, 0.3) is 0 Å². The van der Waals surface area contributed by atoms with Crippen LogP contribution in [0, 0.1) is 0 Å². The highest BCUT2D eigenvalue weighted by Gasteiger charge is 2.01. The van der Waals surface area contributed by atoms with Crippen molar-refractivity contribution in [3.63, 3.8) is 0 Å². The van der Waals surface area contributed by atoms with Crippen LogP contribution in [-0.2, 0) is 6.54 Å². The molecule has 2 aromatic rings. The molecule has 0 atom stereocenters. The van der Waals surface area contributed by atoms with Gasteiger partial charge >= 0.3 is 0 Å². The third-order valence-corrected chi connectivity index (χ3v) is 3.80. The van der Waals surface area contributed by atoms with Crippen LogP contribution < -0.4 is 5.32 Å². The molecule has 3 heteroatoms. The lowest BCUT2D eigenvalue weighted by molar-refractivity contribution is 0.867. The van der Waals surface area contributed by atoms with Gasteiger partial charge in [0.1, 0.15) is 0 Å². The second-order valence-corrected chi connectivity index (χ2v) is 5.69. The Morgan fingerprint density at radius 1 is 0.947 bits per heavy atom. The van der Waals surface area contributed by atoms with Crippen LogP contribution in [0.15, 0.2) is 42.5 Å². The molecule has 0 amide bonds. The van der Waals surface area contributed by atoms with Crippen LogP contribution in [0.5, 0.6) is 0 Å². The van der Waals surface area contributed by atoms with Crippen LogP contribution in [0.4, 0.5) is 5.69 Å². The molecule has 1 nitrogen and oxygen atoms in total. The summed E-state index contributed by atoms with van der Waals surface area (Å²) >= 11 is 11.9. The maximum absolute atomic E-state index is 5.99. The van der Waals surface area contributed by atoms with Gasteiger partial charge in [-0.05, 0) is 41.3 Å². The molecule has 0 aliphatic rings. The summed E-state index contributed by atoms with van der Waals surface area (Å²) in [5.41, 5.74) is 3.57. The topological polar surface area (TPSA) is 12.0 Å². The maximum Gasteiger partial charge on any atom is 0.0595 e. The zero-order chi connectivity index (χ0) is 13.8. The van der Waals surface area contributed by atoms with E-state index in [1.807, 2.05) is 18.2 Å². The van der Waals surface area contributed by atoms with E-state index < -0.39 is 0 Å². The van der Waals surface area contributed by atoms with Crippen molar-refractivity contribution in [1.82, 2.24) is 0 Å². The van der Waals surface area contributed by atoms with Crippen molar-refractivity contribution in [1.29, 1.82) is 0 Å². The van der Waals surface area contributed by atoms with Crippen LogP contribution in [0.1, 0.15) is 30.9 Å². The fraction of sp³-hybridized carbons (Fsp3) is 0.250. The molecule has 0 aliphatic carbocycles. The second kappa shape index (κ2) is 6.31. The first kappa shape index (κ1) is 14.2. The predicted molar refractivity (Wildman–Crippen MR) is 84.3 cm³/mol. The van der Waals surface area contributed by atoms with E-state index in [0.717, 1.165) is 17.8 Å². The lowest BCUT2D eigenvalue weighted by Gasteiger charge is -2.10. The monoisotopic (exact) mass is 293 g/mol. The molecular weight excluding hydrogens is 277 g/mol. The molecule has 0 unspecified atom stereocenters. The van der Waals surface area contributed by atoms with Gasteiger partial charge in [-0.15, -0.1) is 0 Å². The number of anilines is 1. The molecule has 0 heterocycles. The molecule has 2 aromatic carbocycles. The molecule has 0 saturated carbocycles. The Morgan fingerprint density at radius 3 is 2.21 bits per heavy atom. The summed E-state index contributed by atoms with van der Waals surface area (Å²) in [5.74, 6) is 0.559. The van der Waals surface area contributed by atoms with Crippen molar-refractivity contribution in [2.24, 2.45) is 0 Å². The summed E-state index contributed by atoms with van der Waals surface area (Å²) in [6, 6.07) is 14.2. The predicted octanol–water partition coefficient (Wildman–Crippen LogP) is 5.73. The zero-order valence-corrected chi connectivity index (χ0v) is 12.6. The second-order valence-electron chi connectivity index (χ2n) is 4.88. The van der Waals surface area contributed by atoms with E-state index in [9.17, 15) is 0 Å². The van der Waals surface area contributed by atoms with Gasteiger partial charge in [0.05, 0.1) is 10.0 Å². The van der Waals surface area contributed by atoms with Crippen LogP contribution in [0.25, 0.3) is 0 Å². The van der Waals surface area contributed by atoms with E-state index in [-0.39, 0.29) is 0 Å². The minimum absolute atomic E-state index is 0.559. The summed E-state index contributed by atoms with van der Waals surface area (Å²) in [6.07, 6.45) is 0. The fourth-order valence-electron chi connectivity index (χ4n) is 1.84. The number of halogens is 2. The molecule has 1 N–H and O–H groups in total. The summed E-state index contributed by atoms with van der Waals surface area (Å²) < 4.78 is 0. The van der Waals surface area contributed by atoms with Gasteiger partial charge in [0.15, 0.2) is 0 Å². The van der Waals surface area contributed by atoms with Gasteiger partial charge in [-0.25, -0.2) is 0 Å². The third kappa shape index (κ3) is 3.89. The quantitative estimate of drug-likeness (QED) is 0.759. The molecule has 100 valence electrons. The fourth-order valence-corrected chi connectivity index (χ4v) is 2.16. The minimum Gasteiger partial charge on any atom is -0.381 e. The Morgan fingerprint density at radius 2 is 1.63 bits per heavy atom. The van der Waals surface area contributed by atoms with Crippen LogP contribution in [0.3, 0.4) is 0 Å². The first-order valence-corrected chi connectivity index (χ1v) is 7.09. The van der Waals surface area contributed by atoms with E-state index in [2.05, 4.69) is 43.4 Å². The number of rotatable bonds is 4. The van der Waals surface area contributed by atoms with Crippen LogP contribution >= 0.6 is 23.2 Å². The summed E-state index contributed by atoms with van der Waals surface area (Å²) in [6.45, 7) is 5.12. The van der Waals surface area contributed by atoms with Gasteiger partial charge in [0.2, 0.25) is 0 Å². The summed E-state index contributed by atoms with van der Waals surface area (Å²) in [7, 11) is 0. The number of hydrogen-bond donors (Lipinski definition) is 1. The lowest BCUT2D eigenvalue weighted by Crippen LogP contribution is -1.99. The molecule has 2 rings (SSSR count). The van der Waals surface area contributed by atoms with Gasteiger partial charge in [-0.1, -0.05) is 55.2 Å². The average Bonchev–Trinajstić information content (AvgIpc) is 2.40. The van der Waals surface area contributed by atoms with Crippen molar-refractivity contribution in [2.45, 2.75) is 26.3 Å². The normalized spacial score (nSPS) is 10.8. The molecule has 0 bridgehead atoms. The standard InChI is InChI=1S/C16H17Cl2N/c1-11(2)13-4-6-14(7-5-13)19-10-12-3-8-15(17)16(18)9-12/h3-9,11,19H,10H2,1-2H3. The van der Waals surface area contributed by atoms with Crippen molar-refractivity contribution < 1.29 is 0 Å². The highest BCUT2D eigenvalue weighted by atomic mass is 35.5. The van der Waals surface area contributed by atoms with Crippen molar-refractivity contribution in [3.05, 3.63) is 63.6 Å². The van der Waals surface area contributed by atoms with Crippen molar-refractivity contribution in [3.8, 4) is 0 Å². The molecule has 0 aromatic heterocycles.